The fraction of sp³-hybridized carbons (Fsp3) is 0.421. The first-order valence-corrected chi connectivity index (χ1v) is 8.75. The van der Waals surface area contributed by atoms with Crippen LogP contribution < -0.4 is 10.2 Å². The van der Waals surface area contributed by atoms with Crippen LogP contribution in [0.1, 0.15) is 30.6 Å². The van der Waals surface area contributed by atoms with Crippen molar-refractivity contribution in [3.8, 4) is 11.3 Å². The van der Waals surface area contributed by atoms with Gasteiger partial charge in [-0.3, -0.25) is 4.79 Å². The van der Waals surface area contributed by atoms with Gasteiger partial charge in [0.1, 0.15) is 0 Å². The fourth-order valence-corrected chi connectivity index (χ4v) is 2.67. The zero-order valence-corrected chi connectivity index (χ0v) is 14.7. The maximum Gasteiger partial charge on any atom is 0.251 e. The molecule has 1 saturated heterocycles. The van der Waals surface area contributed by atoms with Crippen molar-refractivity contribution in [2.24, 2.45) is 0 Å². The van der Waals surface area contributed by atoms with Gasteiger partial charge < -0.3 is 15.0 Å². The van der Waals surface area contributed by atoms with E-state index < -0.39 is 0 Å². The predicted molar refractivity (Wildman–Crippen MR) is 97.7 cm³/mol. The Labute approximate surface area is 148 Å². The second-order valence-corrected chi connectivity index (χ2v) is 6.24. The number of nitrogens with zero attached hydrogens (tertiary/aromatic N) is 3. The monoisotopic (exact) mass is 340 g/mol. The Morgan fingerprint density at radius 2 is 2.04 bits per heavy atom. The third-order valence-electron chi connectivity index (χ3n) is 4.40. The molecule has 0 spiro atoms. The van der Waals surface area contributed by atoms with Crippen LogP contribution in [0, 0.1) is 0 Å². The molecule has 1 fully saturated rings. The average molecular weight is 340 g/mol. The van der Waals surface area contributed by atoms with Gasteiger partial charge in [-0.05, 0) is 37.6 Å². The Balaban J connectivity index is 1.75. The lowest BCUT2D eigenvalue weighted by Gasteiger charge is -2.27. The zero-order valence-electron chi connectivity index (χ0n) is 14.7. The van der Waals surface area contributed by atoms with Gasteiger partial charge in [-0.1, -0.05) is 19.1 Å². The van der Waals surface area contributed by atoms with Gasteiger partial charge in [-0.2, -0.15) is 0 Å². The normalized spacial score (nSPS) is 15.7. The van der Waals surface area contributed by atoms with Crippen molar-refractivity contribution in [2.75, 3.05) is 31.2 Å². The average Bonchev–Trinajstić information content (AvgIpc) is 2.68. The number of hydrogen-bond donors (Lipinski definition) is 1. The number of benzene rings is 1. The molecule has 3 rings (SSSR count). The van der Waals surface area contributed by atoms with Crippen molar-refractivity contribution >= 4 is 11.7 Å². The third kappa shape index (κ3) is 4.33. The Bertz CT molecular complexity index is 712. The number of aromatic nitrogens is 2. The summed E-state index contributed by atoms with van der Waals surface area (Å²) in [6, 6.07) is 11.6. The molecule has 0 saturated carbocycles. The third-order valence-corrected chi connectivity index (χ3v) is 4.40. The molecule has 1 N–H and O–H groups in total. The van der Waals surface area contributed by atoms with Gasteiger partial charge in [0.2, 0.25) is 0 Å². The topological polar surface area (TPSA) is 67.4 Å². The van der Waals surface area contributed by atoms with E-state index in [1.165, 1.54) is 0 Å². The zero-order chi connectivity index (χ0) is 17.6. The van der Waals surface area contributed by atoms with Gasteiger partial charge >= 0.3 is 0 Å². The number of ether oxygens (including phenoxy) is 1. The first kappa shape index (κ1) is 17.4. The molecule has 1 amide bonds. The molecule has 1 aliphatic rings. The predicted octanol–water partition coefficient (Wildman–Crippen LogP) is 2.51. The highest BCUT2D eigenvalue weighted by molar-refractivity contribution is 5.95. The van der Waals surface area contributed by atoms with Gasteiger partial charge in [0, 0.05) is 30.3 Å². The molecule has 1 aromatic heterocycles. The van der Waals surface area contributed by atoms with Crippen LogP contribution in [0.5, 0.6) is 0 Å². The second kappa shape index (κ2) is 8.07. The number of anilines is 1. The highest BCUT2D eigenvalue weighted by Crippen LogP contribution is 2.20. The minimum Gasteiger partial charge on any atom is -0.378 e. The highest BCUT2D eigenvalue weighted by atomic mass is 16.5. The lowest BCUT2D eigenvalue weighted by Crippen LogP contribution is -2.36. The molecule has 1 aliphatic heterocycles. The number of amides is 1. The minimum absolute atomic E-state index is 0.0610. The van der Waals surface area contributed by atoms with Gasteiger partial charge in [0.15, 0.2) is 5.82 Å². The fourth-order valence-electron chi connectivity index (χ4n) is 2.67. The van der Waals surface area contributed by atoms with Crippen molar-refractivity contribution < 1.29 is 9.53 Å². The summed E-state index contributed by atoms with van der Waals surface area (Å²) < 4.78 is 5.36. The Morgan fingerprint density at radius 3 is 2.72 bits per heavy atom. The van der Waals surface area contributed by atoms with Crippen molar-refractivity contribution in [1.82, 2.24) is 15.5 Å². The van der Waals surface area contributed by atoms with Crippen LogP contribution in [0.15, 0.2) is 36.4 Å². The summed E-state index contributed by atoms with van der Waals surface area (Å²) in [4.78, 5) is 14.5. The molecule has 2 aromatic rings. The van der Waals surface area contributed by atoms with Crippen molar-refractivity contribution in [2.45, 2.75) is 26.3 Å². The van der Waals surface area contributed by atoms with Crippen molar-refractivity contribution in [3.63, 3.8) is 0 Å². The summed E-state index contributed by atoms with van der Waals surface area (Å²) in [6.07, 6.45) is 0.903. The number of carbonyl (C=O) groups excluding carboxylic acids is 1. The summed E-state index contributed by atoms with van der Waals surface area (Å²) in [6.45, 7) is 7.15. The quantitative estimate of drug-likeness (QED) is 0.906. The second-order valence-electron chi connectivity index (χ2n) is 6.24. The number of nitrogens with one attached hydrogen (secondary N) is 1. The molecule has 132 valence electrons. The lowest BCUT2D eigenvalue weighted by molar-refractivity contribution is 0.0939. The van der Waals surface area contributed by atoms with E-state index in [1.54, 1.807) is 0 Å². The van der Waals surface area contributed by atoms with E-state index in [9.17, 15) is 4.79 Å². The number of hydrogen-bond acceptors (Lipinski definition) is 5. The summed E-state index contributed by atoms with van der Waals surface area (Å²) in [5, 5.41) is 11.7. The first-order chi connectivity index (χ1) is 12.2. The summed E-state index contributed by atoms with van der Waals surface area (Å²) in [5.41, 5.74) is 2.28. The minimum atomic E-state index is -0.0610. The maximum absolute atomic E-state index is 12.3. The number of rotatable bonds is 5. The molecule has 0 bridgehead atoms. The largest absolute Gasteiger partial charge is 0.378 e. The van der Waals surface area contributed by atoms with Crippen LogP contribution in [0.4, 0.5) is 5.82 Å². The molecule has 6 heteroatoms. The number of morpholine rings is 1. The molecule has 25 heavy (non-hydrogen) atoms. The van der Waals surface area contributed by atoms with E-state index in [-0.39, 0.29) is 11.9 Å². The van der Waals surface area contributed by atoms with E-state index in [0.717, 1.165) is 49.8 Å². The van der Waals surface area contributed by atoms with Crippen molar-refractivity contribution in [3.05, 3.63) is 42.0 Å². The Kier molecular flexibility index (Phi) is 5.60. The van der Waals surface area contributed by atoms with Gasteiger partial charge in [0.25, 0.3) is 5.91 Å². The van der Waals surface area contributed by atoms with E-state index >= 15 is 0 Å². The van der Waals surface area contributed by atoms with Crippen LogP contribution in [-0.4, -0.2) is 48.4 Å². The smallest absolute Gasteiger partial charge is 0.251 e. The molecule has 1 atom stereocenters. The highest BCUT2D eigenvalue weighted by Gasteiger charge is 2.14. The van der Waals surface area contributed by atoms with Gasteiger partial charge in [-0.25, -0.2) is 0 Å². The molecule has 0 radical (unpaired) electrons. The molecule has 1 unspecified atom stereocenters. The van der Waals surface area contributed by atoms with Gasteiger partial charge in [0.05, 0.1) is 18.9 Å². The lowest BCUT2D eigenvalue weighted by atomic mass is 10.1. The van der Waals surface area contributed by atoms with Crippen molar-refractivity contribution in [1.29, 1.82) is 0 Å². The maximum atomic E-state index is 12.3. The van der Waals surface area contributed by atoms with Crippen LogP contribution in [-0.2, 0) is 4.74 Å². The SMILES string of the molecule is CCC(C)NC(=O)c1cccc(-c2ccc(N3CCOCC3)nn2)c1. The van der Waals surface area contributed by atoms with E-state index in [2.05, 4.69) is 20.4 Å². The standard InChI is InChI=1S/C19H24N4O2/c1-3-14(2)20-19(24)16-6-4-5-15(13-16)17-7-8-18(22-21-17)23-9-11-25-12-10-23/h4-8,13-14H,3,9-12H2,1-2H3,(H,20,24). The van der Waals surface area contributed by atoms with Crippen LogP contribution in [0.3, 0.4) is 0 Å². The Hall–Kier alpha value is -2.47. The van der Waals surface area contributed by atoms with E-state index in [4.69, 9.17) is 4.74 Å². The first-order valence-electron chi connectivity index (χ1n) is 8.75. The van der Waals surface area contributed by atoms with Crippen LogP contribution in [0.2, 0.25) is 0 Å². The molecule has 1 aromatic carbocycles. The summed E-state index contributed by atoms with van der Waals surface area (Å²) >= 11 is 0. The summed E-state index contributed by atoms with van der Waals surface area (Å²) in [5.74, 6) is 0.798. The Morgan fingerprint density at radius 1 is 1.24 bits per heavy atom. The summed E-state index contributed by atoms with van der Waals surface area (Å²) in [7, 11) is 0. The molecule has 0 aliphatic carbocycles. The molecule has 2 heterocycles. The van der Waals surface area contributed by atoms with Crippen LogP contribution in [0.25, 0.3) is 11.3 Å². The molecule has 6 nitrogen and oxygen atoms in total. The van der Waals surface area contributed by atoms with Gasteiger partial charge in [-0.15, -0.1) is 10.2 Å². The van der Waals surface area contributed by atoms with Crippen LogP contribution >= 0.6 is 0 Å². The number of carbonyl (C=O) groups is 1. The van der Waals surface area contributed by atoms with E-state index in [1.807, 2.05) is 50.2 Å². The molecular formula is C19H24N4O2. The van der Waals surface area contributed by atoms with E-state index in [0.29, 0.717) is 5.56 Å². The molecular weight excluding hydrogens is 316 g/mol.